The lowest BCUT2D eigenvalue weighted by Crippen LogP contribution is -2.46. The molecule has 0 aromatic rings. The van der Waals surface area contributed by atoms with Crippen molar-refractivity contribution in [2.75, 3.05) is 5.75 Å². The van der Waals surface area contributed by atoms with Gasteiger partial charge >= 0.3 is 0 Å². The van der Waals surface area contributed by atoms with Gasteiger partial charge in [0.05, 0.1) is 17.9 Å². The molecule has 0 rings (SSSR count). The molecule has 0 fully saturated rings. The van der Waals surface area contributed by atoms with Crippen molar-refractivity contribution in [1.82, 2.24) is 5.32 Å². The highest BCUT2D eigenvalue weighted by Crippen LogP contribution is 2.14. The molecular weight excluding hydrogens is 655 g/mol. The molecule has 3 N–H and O–H groups in total. The first-order valence-electron chi connectivity index (χ1n) is 21.0. The molecular formula is C44H79NO5S. The monoisotopic (exact) mass is 734 g/mol. The summed E-state index contributed by atoms with van der Waals surface area (Å²) in [6.45, 7) is 4.41. The third-order valence-corrected chi connectivity index (χ3v) is 9.98. The molecule has 0 aliphatic carbocycles. The highest BCUT2D eigenvalue weighted by atomic mass is 32.2. The summed E-state index contributed by atoms with van der Waals surface area (Å²) in [4.78, 5) is 12.5. The molecule has 2 unspecified atom stereocenters. The molecule has 0 spiro atoms. The van der Waals surface area contributed by atoms with Gasteiger partial charge in [-0.3, -0.25) is 9.35 Å². The zero-order valence-electron chi connectivity index (χ0n) is 33.0. The molecule has 0 bridgehead atoms. The van der Waals surface area contributed by atoms with Gasteiger partial charge in [-0.1, -0.05) is 190 Å². The van der Waals surface area contributed by atoms with Crippen LogP contribution in [0.1, 0.15) is 194 Å². The number of carbonyl (C=O) groups excluding carboxylic acids is 1. The number of carbonyl (C=O) groups is 1. The topological polar surface area (TPSA) is 104 Å². The Morgan fingerprint density at radius 2 is 0.941 bits per heavy atom. The summed E-state index contributed by atoms with van der Waals surface area (Å²) in [5.41, 5.74) is 0. The Bertz CT molecular complexity index is 1030. The first-order chi connectivity index (χ1) is 24.8. The minimum atomic E-state index is -4.35. The van der Waals surface area contributed by atoms with Crippen molar-refractivity contribution in [3.63, 3.8) is 0 Å². The van der Waals surface area contributed by atoms with Crippen LogP contribution in [-0.4, -0.2) is 41.9 Å². The Labute approximate surface area is 315 Å². The van der Waals surface area contributed by atoms with Crippen LogP contribution >= 0.6 is 0 Å². The fourth-order valence-corrected chi connectivity index (χ4v) is 6.82. The zero-order valence-corrected chi connectivity index (χ0v) is 33.8. The van der Waals surface area contributed by atoms with Gasteiger partial charge in [-0.25, -0.2) is 0 Å². The van der Waals surface area contributed by atoms with Crippen molar-refractivity contribution in [1.29, 1.82) is 0 Å². The van der Waals surface area contributed by atoms with Gasteiger partial charge in [0.15, 0.2) is 0 Å². The standard InChI is InChI=1S/C44H79NO5S/c1-3-5-7-9-11-13-15-17-19-20-21-22-23-24-26-28-30-32-34-36-38-40-44(47)45-42(41-51(48,49)50)43(46)39-37-35-33-31-29-27-25-18-16-14-12-10-8-6-4-2/h5,7,11,13,17,19,21-22,37,39,42-43,46H,3-4,6,8-10,12,14-16,18,20,23-36,38,40-41H2,1-2H3,(H,45,47)(H,48,49,50)/b7-5-,13-11-,19-17-,22-21-,39-37+. The molecule has 0 heterocycles. The molecule has 0 saturated carbocycles. The van der Waals surface area contributed by atoms with Crippen molar-refractivity contribution in [3.05, 3.63) is 60.8 Å². The Balaban J connectivity index is 3.93. The van der Waals surface area contributed by atoms with Gasteiger partial charge in [0.2, 0.25) is 5.91 Å². The number of hydrogen-bond donors (Lipinski definition) is 3. The molecule has 1 amide bonds. The van der Waals surface area contributed by atoms with E-state index in [0.717, 1.165) is 77.0 Å². The van der Waals surface area contributed by atoms with Gasteiger partial charge in [-0.15, -0.1) is 0 Å². The molecule has 51 heavy (non-hydrogen) atoms. The SMILES string of the molecule is CC/C=C\C/C=C\C/C=C\C/C=C\CCCCCCCCCCC(=O)NC(CS(=O)(=O)O)C(O)/C=C/CCCCCCCCCCCCCCC. The first kappa shape index (κ1) is 49.0. The molecule has 0 radical (unpaired) electrons. The lowest BCUT2D eigenvalue weighted by Gasteiger charge is -2.21. The predicted octanol–water partition coefficient (Wildman–Crippen LogP) is 12.5. The van der Waals surface area contributed by atoms with E-state index in [1.165, 1.54) is 96.3 Å². The van der Waals surface area contributed by atoms with Gasteiger partial charge in [0, 0.05) is 6.42 Å². The molecule has 0 aliphatic heterocycles. The average Bonchev–Trinajstić information content (AvgIpc) is 3.09. The summed E-state index contributed by atoms with van der Waals surface area (Å²) < 4.78 is 32.5. The normalized spacial score (nSPS) is 13.9. The summed E-state index contributed by atoms with van der Waals surface area (Å²) in [5, 5.41) is 13.2. The number of aliphatic hydroxyl groups excluding tert-OH is 1. The minimum Gasteiger partial charge on any atom is -0.387 e. The van der Waals surface area contributed by atoms with Gasteiger partial charge in [0.1, 0.15) is 0 Å². The lowest BCUT2D eigenvalue weighted by atomic mass is 10.0. The second kappa shape index (κ2) is 37.8. The molecule has 0 aromatic heterocycles. The quantitative estimate of drug-likeness (QED) is 0.0335. The Kier molecular flexibility index (Phi) is 36.3. The largest absolute Gasteiger partial charge is 0.387 e. The van der Waals surface area contributed by atoms with Crippen LogP contribution in [0.5, 0.6) is 0 Å². The minimum absolute atomic E-state index is 0.284. The maximum Gasteiger partial charge on any atom is 0.267 e. The molecule has 7 heteroatoms. The molecule has 0 aromatic carbocycles. The van der Waals surface area contributed by atoms with Crippen LogP contribution < -0.4 is 5.32 Å². The van der Waals surface area contributed by atoms with Crippen molar-refractivity contribution in [3.8, 4) is 0 Å². The summed E-state index contributed by atoms with van der Waals surface area (Å²) in [7, 11) is -4.35. The number of amides is 1. The van der Waals surface area contributed by atoms with Crippen molar-refractivity contribution in [2.45, 2.75) is 206 Å². The summed E-state index contributed by atoms with van der Waals surface area (Å²) in [6.07, 6.45) is 52.0. The number of aliphatic hydroxyl groups is 1. The predicted molar refractivity (Wildman–Crippen MR) is 221 cm³/mol. The number of allylic oxidation sites excluding steroid dienone is 9. The van der Waals surface area contributed by atoms with E-state index in [1.54, 1.807) is 6.08 Å². The maximum atomic E-state index is 12.5. The third-order valence-electron chi connectivity index (χ3n) is 9.20. The molecule has 296 valence electrons. The van der Waals surface area contributed by atoms with E-state index >= 15 is 0 Å². The highest BCUT2D eigenvalue weighted by molar-refractivity contribution is 7.85. The van der Waals surface area contributed by atoms with E-state index in [9.17, 15) is 22.9 Å². The number of hydrogen-bond acceptors (Lipinski definition) is 4. The second-order valence-electron chi connectivity index (χ2n) is 14.2. The summed E-state index contributed by atoms with van der Waals surface area (Å²) in [6, 6.07) is -1.06. The third kappa shape index (κ3) is 39.1. The van der Waals surface area contributed by atoms with Crippen LogP contribution in [0.2, 0.25) is 0 Å². The maximum absolute atomic E-state index is 12.5. The summed E-state index contributed by atoms with van der Waals surface area (Å²) >= 11 is 0. The Morgan fingerprint density at radius 1 is 0.549 bits per heavy atom. The second-order valence-corrected chi connectivity index (χ2v) is 15.7. The lowest BCUT2D eigenvalue weighted by molar-refractivity contribution is -0.122. The van der Waals surface area contributed by atoms with E-state index < -0.39 is 28.0 Å². The van der Waals surface area contributed by atoms with E-state index in [-0.39, 0.29) is 12.3 Å². The smallest absolute Gasteiger partial charge is 0.267 e. The fourth-order valence-electron chi connectivity index (χ4n) is 6.09. The number of nitrogens with one attached hydrogen (secondary N) is 1. The van der Waals surface area contributed by atoms with E-state index in [0.29, 0.717) is 0 Å². The molecule has 2 atom stereocenters. The Morgan fingerprint density at radius 3 is 1.39 bits per heavy atom. The van der Waals surface area contributed by atoms with Gasteiger partial charge < -0.3 is 10.4 Å². The van der Waals surface area contributed by atoms with Crippen LogP contribution in [0.15, 0.2) is 60.8 Å². The zero-order chi connectivity index (χ0) is 37.5. The van der Waals surface area contributed by atoms with Crippen LogP contribution in [0.3, 0.4) is 0 Å². The van der Waals surface area contributed by atoms with Gasteiger partial charge in [0.25, 0.3) is 10.1 Å². The van der Waals surface area contributed by atoms with Crippen LogP contribution in [0.4, 0.5) is 0 Å². The number of unbranched alkanes of at least 4 members (excludes halogenated alkanes) is 21. The fraction of sp³-hybridized carbons (Fsp3) is 0.750. The van der Waals surface area contributed by atoms with E-state index in [1.807, 2.05) is 6.08 Å². The van der Waals surface area contributed by atoms with Crippen molar-refractivity contribution >= 4 is 16.0 Å². The molecule has 0 saturated heterocycles. The van der Waals surface area contributed by atoms with Crippen molar-refractivity contribution < 1.29 is 22.9 Å². The van der Waals surface area contributed by atoms with Gasteiger partial charge in [-0.05, 0) is 57.8 Å². The molecule has 6 nitrogen and oxygen atoms in total. The highest BCUT2D eigenvalue weighted by Gasteiger charge is 2.24. The van der Waals surface area contributed by atoms with E-state index in [2.05, 4.69) is 67.8 Å². The Hall–Kier alpha value is -1.96. The van der Waals surface area contributed by atoms with Crippen LogP contribution in [0.25, 0.3) is 0 Å². The van der Waals surface area contributed by atoms with Crippen LogP contribution in [0, 0.1) is 0 Å². The van der Waals surface area contributed by atoms with Crippen LogP contribution in [-0.2, 0) is 14.9 Å². The molecule has 0 aliphatic rings. The van der Waals surface area contributed by atoms with Crippen molar-refractivity contribution in [2.24, 2.45) is 0 Å². The summed E-state index contributed by atoms with van der Waals surface area (Å²) in [5.74, 6) is -0.992. The first-order valence-corrected chi connectivity index (χ1v) is 22.6. The average molecular weight is 734 g/mol. The number of rotatable bonds is 37. The van der Waals surface area contributed by atoms with Gasteiger partial charge in [-0.2, -0.15) is 8.42 Å². The van der Waals surface area contributed by atoms with E-state index in [4.69, 9.17) is 0 Å².